The molecule has 0 saturated carbocycles. The Bertz CT molecular complexity index is 1100. The van der Waals surface area contributed by atoms with Crippen molar-refractivity contribution >= 4 is 28.8 Å². The van der Waals surface area contributed by atoms with Crippen LogP contribution in [0.5, 0.6) is 0 Å². The van der Waals surface area contributed by atoms with Crippen LogP contribution >= 0.6 is 11.6 Å². The van der Waals surface area contributed by atoms with E-state index in [-0.39, 0.29) is 30.1 Å². The largest absolute Gasteiger partial charge is 0.394 e. The molecule has 0 unspecified atom stereocenters. The summed E-state index contributed by atoms with van der Waals surface area (Å²) in [6.07, 6.45) is 0. The van der Waals surface area contributed by atoms with E-state index in [0.717, 1.165) is 4.68 Å². The first kappa shape index (κ1) is 19.7. The van der Waals surface area contributed by atoms with Crippen LogP contribution in [0.2, 0.25) is 5.02 Å². The van der Waals surface area contributed by atoms with Gasteiger partial charge in [0.25, 0.3) is 5.56 Å². The van der Waals surface area contributed by atoms with E-state index in [9.17, 15) is 19.1 Å². The zero-order valence-corrected chi connectivity index (χ0v) is 15.7. The highest BCUT2D eigenvalue weighted by Gasteiger charge is 2.22. The highest BCUT2D eigenvalue weighted by molar-refractivity contribution is 6.30. The van der Waals surface area contributed by atoms with E-state index in [4.69, 9.17) is 11.6 Å². The number of halogens is 2. The minimum absolute atomic E-state index is 0.0162. The third kappa shape index (κ3) is 4.11. The molecule has 144 valence electrons. The van der Waals surface area contributed by atoms with Crippen molar-refractivity contribution in [1.82, 2.24) is 9.78 Å². The lowest BCUT2D eigenvalue weighted by atomic mass is 10.0. The highest BCUT2D eigenvalue weighted by Crippen LogP contribution is 2.28. The Morgan fingerprint density at radius 3 is 2.64 bits per heavy atom. The minimum Gasteiger partial charge on any atom is -0.394 e. The van der Waals surface area contributed by atoms with Gasteiger partial charge in [-0.3, -0.25) is 9.59 Å². The molecular formula is C20H17ClFN3O3. The van der Waals surface area contributed by atoms with Gasteiger partial charge < -0.3 is 10.4 Å². The van der Waals surface area contributed by atoms with E-state index in [0.29, 0.717) is 16.3 Å². The molecule has 0 aliphatic rings. The average molecular weight is 402 g/mol. The maximum absolute atomic E-state index is 13.8. The number of ketones is 1. The summed E-state index contributed by atoms with van der Waals surface area (Å²) in [6, 6.07) is 12.2. The number of rotatable bonds is 6. The molecule has 1 aromatic heterocycles. The summed E-state index contributed by atoms with van der Waals surface area (Å²) in [7, 11) is 0. The number of benzene rings is 2. The third-order valence-corrected chi connectivity index (χ3v) is 4.25. The Balaban J connectivity index is 2.29. The molecule has 3 aromatic rings. The molecule has 0 bridgehead atoms. The molecular weight excluding hydrogens is 385 g/mol. The summed E-state index contributed by atoms with van der Waals surface area (Å²) in [6.45, 7) is 0.897. The van der Waals surface area contributed by atoms with Gasteiger partial charge in [0, 0.05) is 16.3 Å². The van der Waals surface area contributed by atoms with Crippen LogP contribution in [0.1, 0.15) is 17.3 Å². The molecule has 8 heteroatoms. The van der Waals surface area contributed by atoms with Crippen molar-refractivity contribution in [2.75, 3.05) is 11.9 Å². The zero-order chi connectivity index (χ0) is 20.3. The van der Waals surface area contributed by atoms with Crippen LogP contribution in [0.3, 0.4) is 0 Å². The molecule has 0 saturated heterocycles. The molecule has 2 N–H and O–H groups in total. The number of aliphatic hydroxyl groups is 1. The Morgan fingerprint density at radius 2 is 2.00 bits per heavy atom. The van der Waals surface area contributed by atoms with E-state index in [1.54, 1.807) is 30.3 Å². The SMILES string of the molecule is CC(=O)c1c(-c2cccc(F)c2)nn(CCO)c(=O)c1Nc1cccc(Cl)c1. The van der Waals surface area contributed by atoms with Gasteiger partial charge >= 0.3 is 0 Å². The number of hydrogen-bond acceptors (Lipinski definition) is 5. The number of hydrogen-bond donors (Lipinski definition) is 2. The van der Waals surface area contributed by atoms with E-state index < -0.39 is 17.2 Å². The van der Waals surface area contributed by atoms with Crippen molar-refractivity contribution in [2.24, 2.45) is 0 Å². The predicted molar refractivity (Wildman–Crippen MR) is 106 cm³/mol. The molecule has 0 fully saturated rings. The molecule has 0 aliphatic heterocycles. The second-order valence-electron chi connectivity index (χ2n) is 6.05. The molecule has 2 aromatic carbocycles. The monoisotopic (exact) mass is 401 g/mol. The van der Waals surface area contributed by atoms with Crippen LogP contribution in [0.15, 0.2) is 53.3 Å². The van der Waals surface area contributed by atoms with Gasteiger partial charge in [0.2, 0.25) is 0 Å². The van der Waals surface area contributed by atoms with Crippen molar-refractivity contribution in [2.45, 2.75) is 13.5 Å². The minimum atomic E-state index is -0.584. The number of aliphatic hydroxyl groups excluding tert-OH is 1. The van der Waals surface area contributed by atoms with Crippen LogP contribution in [0.25, 0.3) is 11.3 Å². The molecule has 0 aliphatic carbocycles. The number of Topliss-reactive ketones (excluding diaryl/α,β-unsaturated/α-hetero) is 1. The van der Waals surface area contributed by atoms with Crippen molar-refractivity contribution in [3.8, 4) is 11.3 Å². The fourth-order valence-electron chi connectivity index (χ4n) is 2.82. The molecule has 0 radical (unpaired) electrons. The predicted octanol–water partition coefficient (Wildman–Crippen LogP) is 3.64. The van der Waals surface area contributed by atoms with E-state index in [2.05, 4.69) is 10.4 Å². The molecule has 28 heavy (non-hydrogen) atoms. The lowest BCUT2D eigenvalue weighted by Gasteiger charge is -2.16. The first-order valence-electron chi connectivity index (χ1n) is 8.46. The number of nitrogens with zero attached hydrogens (tertiary/aromatic N) is 2. The lowest BCUT2D eigenvalue weighted by Crippen LogP contribution is -2.29. The number of aromatic nitrogens is 2. The molecule has 6 nitrogen and oxygen atoms in total. The third-order valence-electron chi connectivity index (χ3n) is 4.01. The zero-order valence-electron chi connectivity index (χ0n) is 14.9. The summed E-state index contributed by atoms with van der Waals surface area (Å²) >= 11 is 6.00. The van der Waals surface area contributed by atoms with Crippen LogP contribution in [-0.2, 0) is 6.54 Å². The number of anilines is 2. The van der Waals surface area contributed by atoms with Crippen molar-refractivity contribution in [1.29, 1.82) is 0 Å². The van der Waals surface area contributed by atoms with Gasteiger partial charge in [-0.05, 0) is 37.3 Å². The topological polar surface area (TPSA) is 84.2 Å². The first-order valence-corrected chi connectivity index (χ1v) is 8.84. The molecule has 3 rings (SSSR count). The van der Waals surface area contributed by atoms with Crippen molar-refractivity contribution < 1.29 is 14.3 Å². The Hall–Kier alpha value is -3.03. The summed E-state index contributed by atoms with van der Waals surface area (Å²) < 4.78 is 14.8. The second kappa shape index (κ2) is 8.33. The fourth-order valence-corrected chi connectivity index (χ4v) is 3.01. The molecule has 1 heterocycles. The summed E-state index contributed by atoms with van der Waals surface area (Å²) in [5.41, 5.74) is 0.413. The highest BCUT2D eigenvalue weighted by atomic mass is 35.5. The molecule has 0 amide bonds. The van der Waals surface area contributed by atoms with Crippen molar-refractivity contribution in [3.05, 3.63) is 75.3 Å². The number of nitrogens with one attached hydrogen (secondary N) is 1. The van der Waals surface area contributed by atoms with Gasteiger partial charge in [-0.1, -0.05) is 29.8 Å². The maximum atomic E-state index is 13.8. The molecule has 0 atom stereocenters. The first-order chi connectivity index (χ1) is 13.4. The van der Waals surface area contributed by atoms with E-state index >= 15 is 0 Å². The number of carbonyl (C=O) groups excluding carboxylic acids is 1. The van der Waals surface area contributed by atoms with Crippen LogP contribution in [-0.4, -0.2) is 27.3 Å². The van der Waals surface area contributed by atoms with Gasteiger partial charge in [0.15, 0.2) is 5.78 Å². The number of carbonyl (C=O) groups is 1. The van der Waals surface area contributed by atoms with E-state index in [1.165, 1.54) is 25.1 Å². The Kier molecular flexibility index (Phi) is 5.87. The summed E-state index contributed by atoms with van der Waals surface area (Å²) in [5, 5.41) is 16.9. The summed E-state index contributed by atoms with van der Waals surface area (Å²) in [5.74, 6) is -0.914. The molecule has 0 spiro atoms. The standard InChI is InChI=1S/C20H17ClFN3O3/c1-12(27)17-18(13-4-2-6-15(22)10-13)24-25(8-9-26)20(28)19(17)23-16-7-3-5-14(21)11-16/h2-7,10-11,23,26H,8-9H2,1H3. The van der Waals surface area contributed by atoms with Gasteiger partial charge in [-0.2, -0.15) is 5.10 Å². The normalized spacial score (nSPS) is 10.7. The smallest absolute Gasteiger partial charge is 0.291 e. The van der Waals surface area contributed by atoms with Crippen LogP contribution in [0, 0.1) is 5.82 Å². The average Bonchev–Trinajstić information content (AvgIpc) is 2.64. The van der Waals surface area contributed by atoms with Crippen LogP contribution < -0.4 is 10.9 Å². The van der Waals surface area contributed by atoms with Crippen molar-refractivity contribution in [3.63, 3.8) is 0 Å². The van der Waals surface area contributed by atoms with Gasteiger partial charge in [0.1, 0.15) is 17.2 Å². The van der Waals surface area contributed by atoms with Gasteiger partial charge in [-0.25, -0.2) is 9.07 Å². The van der Waals surface area contributed by atoms with Gasteiger partial charge in [-0.15, -0.1) is 0 Å². The summed E-state index contributed by atoms with van der Waals surface area (Å²) in [4.78, 5) is 25.3. The Labute approximate surface area is 165 Å². The quantitative estimate of drug-likeness (QED) is 0.616. The van der Waals surface area contributed by atoms with Gasteiger partial charge in [0.05, 0.1) is 18.7 Å². The fraction of sp³-hybridized carbons (Fsp3) is 0.150. The lowest BCUT2D eigenvalue weighted by molar-refractivity contribution is 0.101. The maximum Gasteiger partial charge on any atom is 0.291 e. The Morgan fingerprint density at radius 1 is 1.25 bits per heavy atom. The second-order valence-corrected chi connectivity index (χ2v) is 6.49. The van der Waals surface area contributed by atoms with Crippen LogP contribution in [0.4, 0.5) is 15.8 Å². The van der Waals surface area contributed by atoms with E-state index in [1.807, 2.05) is 0 Å².